The first-order valence-corrected chi connectivity index (χ1v) is 8.21. The lowest BCUT2D eigenvalue weighted by atomic mass is 10.1. The standard InChI is InChI=1S/C16H29N3O2/c1-2-3-4-5-6-7-8-12-18-14-10-15(20)19(16(18)21)13-9-11-17/h10,14H,2-9,11-13,17H2,1H3. The molecule has 0 aromatic carbocycles. The summed E-state index contributed by atoms with van der Waals surface area (Å²) in [4.78, 5) is 23.9. The van der Waals surface area contributed by atoms with Crippen LogP contribution in [-0.2, 0) is 13.1 Å². The third-order valence-electron chi connectivity index (χ3n) is 3.73. The van der Waals surface area contributed by atoms with Crippen LogP contribution >= 0.6 is 0 Å². The Kier molecular flexibility index (Phi) is 8.74. The zero-order chi connectivity index (χ0) is 15.5. The van der Waals surface area contributed by atoms with Gasteiger partial charge in [-0.15, -0.1) is 0 Å². The van der Waals surface area contributed by atoms with Crippen molar-refractivity contribution in [1.29, 1.82) is 0 Å². The molecule has 0 radical (unpaired) electrons. The Morgan fingerprint density at radius 3 is 2.29 bits per heavy atom. The van der Waals surface area contributed by atoms with Crippen LogP contribution in [0.25, 0.3) is 0 Å². The predicted molar refractivity (Wildman–Crippen MR) is 86.6 cm³/mol. The summed E-state index contributed by atoms with van der Waals surface area (Å²) in [5, 5.41) is 0. The fourth-order valence-electron chi connectivity index (χ4n) is 2.42. The Morgan fingerprint density at radius 1 is 0.952 bits per heavy atom. The smallest absolute Gasteiger partial charge is 0.330 e. The molecule has 0 aliphatic rings. The van der Waals surface area contributed by atoms with Gasteiger partial charge in [-0.25, -0.2) is 4.79 Å². The van der Waals surface area contributed by atoms with Crippen molar-refractivity contribution in [2.45, 2.75) is 71.4 Å². The lowest BCUT2D eigenvalue weighted by Crippen LogP contribution is -2.39. The molecule has 120 valence electrons. The number of aromatic nitrogens is 2. The number of unbranched alkanes of at least 4 members (excludes halogenated alkanes) is 6. The summed E-state index contributed by atoms with van der Waals surface area (Å²) < 4.78 is 2.93. The highest BCUT2D eigenvalue weighted by atomic mass is 16.2. The van der Waals surface area contributed by atoms with Crippen molar-refractivity contribution < 1.29 is 0 Å². The molecule has 0 aliphatic carbocycles. The van der Waals surface area contributed by atoms with Crippen molar-refractivity contribution in [3.05, 3.63) is 33.1 Å². The number of hydrogen-bond acceptors (Lipinski definition) is 3. The van der Waals surface area contributed by atoms with Crippen LogP contribution in [-0.4, -0.2) is 15.7 Å². The fourth-order valence-corrected chi connectivity index (χ4v) is 2.42. The highest BCUT2D eigenvalue weighted by Gasteiger charge is 2.04. The normalized spacial score (nSPS) is 11.0. The largest absolute Gasteiger partial charge is 0.330 e. The Balaban J connectivity index is 2.45. The molecule has 0 amide bonds. The molecule has 0 unspecified atom stereocenters. The fraction of sp³-hybridized carbons (Fsp3) is 0.750. The Bertz CT molecular complexity index is 505. The first kappa shape index (κ1) is 17.7. The molecular weight excluding hydrogens is 266 g/mol. The van der Waals surface area contributed by atoms with E-state index in [1.165, 1.54) is 42.7 Å². The first-order chi connectivity index (χ1) is 10.2. The van der Waals surface area contributed by atoms with Gasteiger partial charge < -0.3 is 10.3 Å². The predicted octanol–water partition coefficient (Wildman–Crippen LogP) is 2.11. The van der Waals surface area contributed by atoms with E-state index in [0.29, 0.717) is 26.1 Å². The molecule has 0 spiro atoms. The summed E-state index contributed by atoms with van der Waals surface area (Å²) in [7, 11) is 0. The van der Waals surface area contributed by atoms with Gasteiger partial charge in [0, 0.05) is 25.4 Å². The van der Waals surface area contributed by atoms with Gasteiger partial charge in [0.05, 0.1) is 0 Å². The second kappa shape index (κ2) is 10.4. The highest BCUT2D eigenvalue weighted by Crippen LogP contribution is 2.07. The first-order valence-electron chi connectivity index (χ1n) is 8.21. The third-order valence-corrected chi connectivity index (χ3v) is 3.73. The molecule has 0 aliphatic heterocycles. The van der Waals surface area contributed by atoms with Crippen LogP contribution in [0.1, 0.15) is 58.3 Å². The average molecular weight is 295 g/mol. The van der Waals surface area contributed by atoms with Gasteiger partial charge in [-0.2, -0.15) is 0 Å². The van der Waals surface area contributed by atoms with Gasteiger partial charge in [0.15, 0.2) is 0 Å². The van der Waals surface area contributed by atoms with Crippen LogP contribution in [0.5, 0.6) is 0 Å². The molecule has 0 fully saturated rings. The molecule has 1 aromatic heterocycles. The van der Waals surface area contributed by atoms with Crippen LogP contribution in [0, 0.1) is 0 Å². The Hall–Kier alpha value is -1.36. The quantitative estimate of drug-likeness (QED) is 0.636. The summed E-state index contributed by atoms with van der Waals surface area (Å²) in [5.41, 5.74) is 5.00. The van der Waals surface area contributed by atoms with E-state index in [9.17, 15) is 9.59 Å². The SMILES string of the molecule is CCCCCCCCCn1ccc(=O)n(CCCN)c1=O. The molecule has 1 heterocycles. The van der Waals surface area contributed by atoms with Gasteiger partial charge in [-0.05, 0) is 19.4 Å². The van der Waals surface area contributed by atoms with Gasteiger partial charge in [-0.3, -0.25) is 9.36 Å². The highest BCUT2D eigenvalue weighted by molar-refractivity contribution is 4.86. The van der Waals surface area contributed by atoms with Crippen molar-refractivity contribution in [3.8, 4) is 0 Å². The van der Waals surface area contributed by atoms with Crippen LogP contribution in [0.3, 0.4) is 0 Å². The molecule has 5 nitrogen and oxygen atoms in total. The molecule has 2 N–H and O–H groups in total. The van der Waals surface area contributed by atoms with E-state index in [2.05, 4.69) is 6.92 Å². The van der Waals surface area contributed by atoms with Crippen LogP contribution < -0.4 is 17.0 Å². The summed E-state index contributed by atoms with van der Waals surface area (Å²) in [5.74, 6) is 0. The van der Waals surface area contributed by atoms with Crippen molar-refractivity contribution in [2.75, 3.05) is 6.54 Å². The molecule has 0 saturated carbocycles. The molecule has 21 heavy (non-hydrogen) atoms. The summed E-state index contributed by atoms with van der Waals surface area (Å²) >= 11 is 0. The maximum Gasteiger partial charge on any atom is 0.330 e. The van der Waals surface area contributed by atoms with Gasteiger partial charge in [0.2, 0.25) is 0 Å². The van der Waals surface area contributed by atoms with Gasteiger partial charge >= 0.3 is 5.69 Å². The number of rotatable bonds is 11. The molecule has 0 saturated heterocycles. The zero-order valence-corrected chi connectivity index (χ0v) is 13.2. The number of nitrogens with two attached hydrogens (primary N) is 1. The van der Waals surface area contributed by atoms with Gasteiger partial charge in [0.1, 0.15) is 0 Å². The van der Waals surface area contributed by atoms with Crippen molar-refractivity contribution in [2.24, 2.45) is 5.73 Å². The topological polar surface area (TPSA) is 70.0 Å². The average Bonchev–Trinajstić information content (AvgIpc) is 2.48. The van der Waals surface area contributed by atoms with Gasteiger partial charge in [0.25, 0.3) is 5.56 Å². The van der Waals surface area contributed by atoms with E-state index in [1.54, 1.807) is 10.8 Å². The lowest BCUT2D eigenvalue weighted by molar-refractivity contribution is 0.502. The molecule has 0 bridgehead atoms. The Morgan fingerprint density at radius 2 is 1.62 bits per heavy atom. The summed E-state index contributed by atoms with van der Waals surface area (Å²) in [6.07, 6.45) is 10.8. The number of aryl methyl sites for hydroxylation is 1. The molecule has 1 aromatic rings. The molecule has 0 atom stereocenters. The second-order valence-electron chi connectivity index (χ2n) is 5.55. The van der Waals surface area contributed by atoms with E-state index in [0.717, 1.165) is 12.8 Å². The van der Waals surface area contributed by atoms with Crippen molar-refractivity contribution in [3.63, 3.8) is 0 Å². The lowest BCUT2D eigenvalue weighted by Gasteiger charge is -2.09. The van der Waals surface area contributed by atoms with E-state index in [-0.39, 0.29) is 11.2 Å². The minimum Gasteiger partial charge on any atom is -0.330 e. The molecule has 1 rings (SSSR count). The number of hydrogen-bond donors (Lipinski definition) is 1. The summed E-state index contributed by atoms with van der Waals surface area (Å²) in [6.45, 7) is 3.80. The Labute approximate surface area is 126 Å². The molecule has 5 heteroatoms. The van der Waals surface area contributed by atoms with E-state index in [1.807, 2.05) is 0 Å². The third kappa shape index (κ3) is 6.29. The van der Waals surface area contributed by atoms with Crippen molar-refractivity contribution in [1.82, 2.24) is 9.13 Å². The maximum atomic E-state index is 12.2. The number of nitrogens with zero attached hydrogens (tertiary/aromatic N) is 2. The van der Waals surface area contributed by atoms with Crippen LogP contribution in [0.4, 0.5) is 0 Å². The van der Waals surface area contributed by atoms with E-state index < -0.39 is 0 Å². The van der Waals surface area contributed by atoms with E-state index >= 15 is 0 Å². The summed E-state index contributed by atoms with van der Waals surface area (Å²) in [6, 6.07) is 1.47. The van der Waals surface area contributed by atoms with Crippen LogP contribution in [0.2, 0.25) is 0 Å². The second-order valence-corrected chi connectivity index (χ2v) is 5.55. The monoisotopic (exact) mass is 295 g/mol. The zero-order valence-electron chi connectivity index (χ0n) is 13.2. The van der Waals surface area contributed by atoms with Crippen LogP contribution in [0.15, 0.2) is 21.9 Å². The minimum absolute atomic E-state index is 0.207. The maximum absolute atomic E-state index is 12.2. The van der Waals surface area contributed by atoms with E-state index in [4.69, 9.17) is 5.73 Å². The van der Waals surface area contributed by atoms with Gasteiger partial charge in [-0.1, -0.05) is 45.4 Å². The molecular formula is C16H29N3O2. The van der Waals surface area contributed by atoms with Crippen molar-refractivity contribution >= 4 is 0 Å². The minimum atomic E-state index is -0.232.